The monoisotopic (exact) mass is 268 g/mol. The maximum Gasteiger partial charge on any atom is 0.327 e. The second kappa shape index (κ2) is 7.64. The minimum atomic E-state index is -1.12. The lowest BCUT2D eigenvalue weighted by Crippen LogP contribution is -2.49. The van der Waals surface area contributed by atoms with Crippen molar-refractivity contribution >= 4 is 12.0 Å². The molecule has 2 N–H and O–H groups in total. The highest BCUT2D eigenvalue weighted by atomic mass is 16.5. The number of carboxylic acids is 1. The predicted molar refractivity (Wildman–Crippen MR) is 69.6 cm³/mol. The lowest BCUT2D eigenvalue weighted by molar-refractivity contribution is -0.139. The smallest absolute Gasteiger partial charge is 0.327 e. The molecule has 1 aliphatic rings. The molecule has 0 saturated carbocycles. The fraction of sp³-hybridized carbons (Fsp3) is 0.692. The molecule has 1 aliphatic heterocycles. The van der Waals surface area contributed by atoms with Crippen LogP contribution in [0.1, 0.15) is 26.2 Å². The molecule has 2 atom stereocenters. The third-order valence-corrected chi connectivity index (χ3v) is 3.01. The molecule has 6 nitrogen and oxygen atoms in total. The highest BCUT2D eigenvalue weighted by Crippen LogP contribution is 2.09. The van der Waals surface area contributed by atoms with Crippen LogP contribution in [0.3, 0.4) is 0 Å². The van der Waals surface area contributed by atoms with Crippen molar-refractivity contribution < 1.29 is 19.4 Å². The molecule has 0 aromatic rings. The van der Waals surface area contributed by atoms with Crippen LogP contribution in [0.4, 0.5) is 4.79 Å². The van der Waals surface area contributed by atoms with Crippen LogP contribution in [-0.4, -0.2) is 53.8 Å². The van der Waals surface area contributed by atoms with Gasteiger partial charge >= 0.3 is 12.0 Å². The van der Waals surface area contributed by atoms with Crippen LogP contribution in [-0.2, 0) is 9.53 Å². The van der Waals surface area contributed by atoms with E-state index in [0.29, 0.717) is 19.7 Å². The Morgan fingerprint density at radius 2 is 2.37 bits per heavy atom. The molecule has 106 valence electrons. The van der Waals surface area contributed by atoms with Crippen molar-refractivity contribution in [1.29, 1.82) is 0 Å². The van der Waals surface area contributed by atoms with Gasteiger partial charge in [0.05, 0.1) is 6.10 Å². The van der Waals surface area contributed by atoms with E-state index >= 15 is 0 Å². The van der Waals surface area contributed by atoms with Gasteiger partial charge in [-0.05, 0) is 12.8 Å². The molecular weight excluding hydrogens is 248 g/mol. The zero-order chi connectivity index (χ0) is 14.3. The Morgan fingerprint density at radius 1 is 1.63 bits per heavy atom. The molecule has 0 aliphatic carbocycles. The van der Waals surface area contributed by atoms with Crippen LogP contribution in [0.25, 0.3) is 0 Å². The number of nitrogens with zero attached hydrogens (tertiary/aromatic N) is 1. The van der Waals surface area contributed by atoms with Crippen molar-refractivity contribution in [1.82, 2.24) is 10.2 Å². The summed E-state index contributed by atoms with van der Waals surface area (Å²) in [5, 5.41) is 11.4. The first-order valence-electron chi connectivity index (χ1n) is 6.41. The van der Waals surface area contributed by atoms with Crippen molar-refractivity contribution in [3.05, 3.63) is 0 Å². The summed E-state index contributed by atoms with van der Waals surface area (Å²) in [4.78, 5) is 24.6. The summed E-state index contributed by atoms with van der Waals surface area (Å²) in [5.41, 5.74) is 0. The summed E-state index contributed by atoms with van der Waals surface area (Å²) in [6, 6.07) is -1.44. The Hall–Kier alpha value is -1.74. The normalized spacial score (nSPS) is 21.1. The summed E-state index contributed by atoms with van der Waals surface area (Å²) < 4.78 is 5.56. The van der Waals surface area contributed by atoms with E-state index in [2.05, 4.69) is 11.2 Å². The summed E-state index contributed by atoms with van der Waals surface area (Å²) in [5.74, 6) is 1.13. The lowest BCUT2D eigenvalue weighted by Gasteiger charge is -2.25. The van der Waals surface area contributed by atoms with Gasteiger partial charge in [0.1, 0.15) is 6.04 Å². The maximum atomic E-state index is 12.0. The fourth-order valence-electron chi connectivity index (χ4n) is 1.88. The first-order chi connectivity index (χ1) is 9.08. The number of hydrogen-bond donors (Lipinski definition) is 2. The zero-order valence-electron chi connectivity index (χ0n) is 11.1. The van der Waals surface area contributed by atoms with E-state index in [1.165, 1.54) is 0 Å². The van der Waals surface area contributed by atoms with Gasteiger partial charge in [-0.25, -0.2) is 9.59 Å². The van der Waals surface area contributed by atoms with Crippen LogP contribution in [0.2, 0.25) is 0 Å². The van der Waals surface area contributed by atoms with Crippen LogP contribution in [0.15, 0.2) is 0 Å². The van der Waals surface area contributed by atoms with Gasteiger partial charge in [0.2, 0.25) is 0 Å². The molecule has 6 heteroatoms. The van der Waals surface area contributed by atoms with Gasteiger partial charge in [-0.2, -0.15) is 0 Å². The first-order valence-corrected chi connectivity index (χ1v) is 6.41. The molecule has 1 heterocycles. The number of hydrogen-bond acceptors (Lipinski definition) is 3. The molecule has 0 spiro atoms. The van der Waals surface area contributed by atoms with Crippen molar-refractivity contribution in [3.8, 4) is 12.3 Å². The summed E-state index contributed by atoms with van der Waals surface area (Å²) in [7, 11) is 0. The van der Waals surface area contributed by atoms with Gasteiger partial charge < -0.3 is 20.1 Å². The van der Waals surface area contributed by atoms with E-state index in [1.807, 2.05) is 6.92 Å². The molecule has 0 radical (unpaired) electrons. The number of carbonyl (C=O) groups is 2. The number of carboxylic acid groups (broad SMARTS) is 1. The number of ether oxygens (including phenoxy) is 1. The van der Waals surface area contributed by atoms with Gasteiger partial charge in [-0.1, -0.05) is 6.92 Å². The minimum Gasteiger partial charge on any atom is -0.480 e. The van der Waals surface area contributed by atoms with Gasteiger partial charge in [-0.3, -0.25) is 0 Å². The Bertz CT molecular complexity index is 364. The van der Waals surface area contributed by atoms with Crippen molar-refractivity contribution in [2.24, 2.45) is 0 Å². The zero-order valence-corrected chi connectivity index (χ0v) is 11.1. The highest BCUT2D eigenvalue weighted by Gasteiger charge is 2.25. The summed E-state index contributed by atoms with van der Waals surface area (Å²) >= 11 is 0. The molecular formula is C13H20N2O4. The SMILES string of the molecule is C#CCC(NC(=O)N1CCCOC(CC)C1)C(=O)O. The molecule has 1 rings (SSSR count). The standard InChI is InChI=1S/C13H20N2O4/c1-3-6-11(12(16)17)14-13(18)15-7-5-8-19-10(4-2)9-15/h1,10-11H,4-9H2,2H3,(H,14,18)(H,16,17). The summed E-state index contributed by atoms with van der Waals surface area (Å²) in [6.07, 6.45) is 6.63. The second-order valence-corrected chi connectivity index (χ2v) is 4.45. The molecule has 0 bridgehead atoms. The molecule has 19 heavy (non-hydrogen) atoms. The van der Waals surface area contributed by atoms with E-state index in [-0.39, 0.29) is 12.5 Å². The molecule has 0 aromatic carbocycles. The number of carbonyl (C=O) groups excluding carboxylic acids is 1. The van der Waals surface area contributed by atoms with Crippen LogP contribution >= 0.6 is 0 Å². The van der Waals surface area contributed by atoms with Crippen LogP contribution in [0.5, 0.6) is 0 Å². The number of urea groups is 1. The topological polar surface area (TPSA) is 78.9 Å². The van der Waals surface area contributed by atoms with Crippen LogP contribution < -0.4 is 5.32 Å². The molecule has 1 fully saturated rings. The number of aliphatic carboxylic acids is 1. The fourth-order valence-corrected chi connectivity index (χ4v) is 1.88. The van der Waals surface area contributed by atoms with Gasteiger partial charge in [0, 0.05) is 26.1 Å². The predicted octanol–water partition coefficient (Wildman–Crippen LogP) is 0.673. The van der Waals surface area contributed by atoms with Gasteiger partial charge in [0.25, 0.3) is 0 Å². The van der Waals surface area contributed by atoms with Crippen molar-refractivity contribution in [3.63, 3.8) is 0 Å². The van der Waals surface area contributed by atoms with Crippen molar-refractivity contribution in [2.75, 3.05) is 19.7 Å². The third kappa shape index (κ3) is 4.79. The largest absolute Gasteiger partial charge is 0.480 e. The maximum absolute atomic E-state index is 12.0. The first kappa shape index (κ1) is 15.3. The molecule has 2 amide bonds. The lowest BCUT2D eigenvalue weighted by atomic mass is 10.2. The van der Waals surface area contributed by atoms with E-state index in [9.17, 15) is 9.59 Å². The molecule has 1 saturated heterocycles. The third-order valence-electron chi connectivity index (χ3n) is 3.01. The summed E-state index contributed by atoms with van der Waals surface area (Å²) in [6.45, 7) is 3.65. The molecule has 2 unspecified atom stereocenters. The average Bonchev–Trinajstić information content (AvgIpc) is 2.63. The number of rotatable bonds is 4. The minimum absolute atomic E-state index is 0.00385. The van der Waals surface area contributed by atoms with E-state index < -0.39 is 18.0 Å². The van der Waals surface area contributed by atoms with E-state index in [1.54, 1.807) is 4.90 Å². The van der Waals surface area contributed by atoms with Crippen LogP contribution in [0, 0.1) is 12.3 Å². The Balaban J connectivity index is 2.59. The Kier molecular flexibility index (Phi) is 6.16. The Morgan fingerprint density at radius 3 is 2.95 bits per heavy atom. The second-order valence-electron chi connectivity index (χ2n) is 4.45. The number of nitrogens with one attached hydrogen (secondary N) is 1. The number of amides is 2. The Labute approximate surface area is 113 Å². The van der Waals surface area contributed by atoms with Gasteiger partial charge in [0.15, 0.2) is 0 Å². The average molecular weight is 268 g/mol. The molecule has 0 aromatic heterocycles. The van der Waals surface area contributed by atoms with Crippen molar-refractivity contribution in [2.45, 2.75) is 38.3 Å². The van der Waals surface area contributed by atoms with E-state index in [0.717, 1.165) is 12.8 Å². The number of terminal acetylenes is 1. The highest BCUT2D eigenvalue weighted by molar-refractivity contribution is 5.82. The van der Waals surface area contributed by atoms with Gasteiger partial charge in [-0.15, -0.1) is 12.3 Å². The van der Waals surface area contributed by atoms with E-state index in [4.69, 9.17) is 16.3 Å². The quantitative estimate of drug-likeness (QED) is 0.735.